The standard InChI is InChI=1S/C11H12ClN3O/c1-15-11(13)9(12)10(14-15)7-4-3-5-8(6-7)16-2/h3-6H,13H2,1-2H3. The van der Waals surface area contributed by atoms with E-state index in [-0.39, 0.29) is 0 Å². The molecule has 1 heterocycles. The minimum Gasteiger partial charge on any atom is -0.497 e. The van der Waals surface area contributed by atoms with E-state index in [4.69, 9.17) is 22.1 Å². The van der Waals surface area contributed by atoms with Crippen molar-refractivity contribution in [3.63, 3.8) is 0 Å². The van der Waals surface area contributed by atoms with E-state index in [1.54, 1.807) is 18.8 Å². The summed E-state index contributed by atoms with van der Waals surface area (Å²) in [5.41, 5.74) is 7.30. The molecule has 84 valence electrons. The van der Waals surface area contributed by atoms with Gasteiger partial charge in [-0.05, 0) is 12.1 Å². The number of ether oxygens (including phenoxy) is 1. The molecule has 0 aliphatic rings. The Balaban J connectivity index is 2.54. The average molecular weight is 238 g/mol. The number of halogens is 1. The third-order valence-corrected chi connectivity index (χ3v) is 2.75. The van der Waals surface area contributed by atoms with Gasteiger partial charge in [0.25, 0.3) is 0 Å². The van der Waals surface area contributed by atoms with Crippen molar-refractivity contribution in [2.75, 3.05) is 12.8 Å². The zero-order chi connectivity index (χ0) is 11.7. The lowest BCUT2D eigenvalue weighted by Crippen LogP contribution is -1.96. The van der Waals surface area contributed by atoms with E-state index in [9.17, 15) is 0 Å². The number of nitrogen functional groups attached to an aromatic ring is 1. The number of hydrogen-bond acceptors (Lipinski definition) is 3. The Kier molecular flexibility index (Phi) is 2.75. The molecule has 0 radical (unpaired) electrons. The molecule has 0 saturated carbocycles. The smallest absolute Gasteiger partial charge is 0.140 e. The largest absolute Gasteiger partial charge is 0.497 e. The molecule has 0 saturated heterocycles. The van der Waals surface area contributed by atoms with E-state index >= 15 is 0 Å². The van der Waals surface area contributed by atoms with Crippen LogP contribution in [-0.2, 0) is 7.05 Å². The molecule has 2 aromatic rings. The lowest BCUT2D eigenvalue weighted by atomic mass is 10.1. The molecule has 0 aliphatic carbocycles. The van der Waals surface area contributed by atoms with Gasteiger partial charge in [0.05, 0.1) is 7.11 Å². The molecule has 0 bridgehead atoms. The fourth-order valence-electron chi connectivity index (χ4n) is 1.47. The van der Waals surface area contributed by atoms with Gasteiger partial charge in [-0.1, -0.05) is 23.7 Å². The molecule has 16 heavy (non-hydrogen) atoms. The maximum absolute atomic E-state index is 6.09. The van der Waals surface area contributed by atoms with Gasteiger partial charge in [0.15, 0.2) is 0 Å². The van der Waals surface area contributed by atoms with Gasteiger partial charge >= 0.3 is 0 Å². The maximum atomic E-state index is 6.09. The van der Waals surface area contributed by atoms with Crippen LogP contribution < -0.4 is 10.5 Å². The lowest BCUT2D eigenvalue weighted by Gasteiger charge is -2.01. The molecule has 1 aromatic heterocycles. The molecule has 0 atom stereocenters. The molecule has 0 spiro atoms. The Morgan fingerprint density at radius 3 is 2.75 bits per heavy atom. The van der Waals surface area contributed by atoms with Crippen LogP contribution in [0.3, 0.4) is 0 Å². The summed E-state index contributed by atoms with van der Waals surface area (Å²) in [6.07, 6.45) is 0. The van der Waals surface area contributed by atoms with Crippen LogP contribution in [0.2, 0.25) is 5.02 Å². The molecule has 2 rings (SSSR count). The SMILES string of the molecule is COc1cccc(-c2nn(C)c(N)c2Cl)c1. The van der Waals surface area contributed by atoms with Gasteiger partial charge in [-0.3, -0.25) is 4.68 Å². The van der Waals surface area contributed by atoms with Crippen LogP contribution in [0.1, 0.15) is 0 Å². The summed E-state index contributed by atoms with van der Waals surface area (Å²) < 4.78 is 6.70. The van der Waals surface area contributed by atoms with E-state index in [1.807, 2.05) is 24.3 Å². The van der Waals surface area contributed by atoms with E-state index in [0.29, 0.717) is 16.5 Å². The molecule has 0 unspecified atom stereocenters. The summed E-state index contributed by atoms with van der Waals surface area (Å²) in [7, 11) is 3.37. The lowest BCUT2D eigenvalue weighted by molar-refractivity contribution is 0.415. The van der Waals surface area contributed by atoms with Crippen molar-refractivity contribution < 1.29 is 4.74 Å². The summed E-state index contributed by atoms with van der Waals surface area (Å²) in [5.74, 6) is 1.22. The quantitative estimate of drug-likeness (QED) is 0.872. The number of rotatable bonds is 2. The Hall–Kier alpha value is -1.68. The third kappa shape index (κ3) is 1.72. The fourth-order valence-corrected chi connectivity index (χ4v) is 1.74. The van der Waals surface area contributed by atoms with Gasteiger partial charge < -0.3 is 10.5 Å². The van der Waals surface area contributed by atoms with Crippen molar-refractivity contribution in [2.45, 2.75) is 0 Å². The Bertz CT molecular complexity index is 522. The highest BCUT2D eigenvalue weighted by Gasteiger charge is 2.13. The molecule has 0 amide bonds. The van der Waals surface area contributed by atoms with E-state index in [0.717, 1.165) is 11.3 Å². The predicted octanol–water partition coefficient (Wildman–Crippen LogP) is 2.33. The second-order valence-electron chi connectivity index (χ2n) is 3.40. The highest BCUT2D eigenvalue weighted by molar-refractivity contribution is 6.35. The zero-order valence-electron chi connectivity index (χ0n) is 9.07. The maximum Gasteiger partial charge on any atom is 0.140 e. The summed E-state index contributed by atoms with van der Waals surface area (Å²) in [6.45, 7) is 0. The third-order valence-electron chi connectivity index (χ3n) is 2.37. The molecule has 5 heteroatoms. The number of benzene rings is 1. The van der Waals surface area contributed by atoms with Gasteiger partial charge in [0.2, 0.25) is 0 Å². The molecule has 0 aliphatic heterocycles. The zero-order valence-corrected chi connectivity index (χ0v) is 9.82. The van der Waals surface area contributed by atoms with Crippen molar-refractivity contribution >= 4 is 17.4 Å². The summed E-state index contributed by atoms with van der Waals surface area (Å²) in [5, 5.41) is 4.73. The summed E-state index contributed by atoms with van der Waals surface area (Å²) in [4.78, 5) is 0. The number of nitrogens with zero attached hydrogens (tertiary/aromatic N) is 2. The fraction of sp³-hybridized carbons (Fsp3) is 0.182. The van der Waals surface area contributed by atoms with Gasteiger partial charge in [-0.2, -0.15) is 5.10 Å². The van der Waals surface area contributed by atoms with Crippen molar-refractivity contribution in [1.29, 1.82) is 0 Å². The predicted molar refractivity (Wildman–Crippen MR) is 64.6 cm³/mol. The van der Waals surface area contributed by atoms with E-state index in [2.05, 4.69) is 5.10 Å². The van der Waals surface area contributed by atoms with Crippen LogP contribution >= 0.6 is 11.6 Å². The molecule has 0 fully saturated rings. The first-order chi connectivity index (χ1) is 7.63. The molecule has 1 aromatic carbocycles. The number of hydrogen-bond donors (Lipinski definition) is 1. The van der Waals surface area contributed by atoms with Crippen LogP contribution in [-0.4, -0.2) is 16.9 Å². The van der Waals surface area contributed by atoms with E-state index in [1.165, 1.54) is 0 Å². The van der Waals surface area contributed by atoms with Crippen molar-refractivity contribution in [1.82, 2.24) is 9.78 Å². The minimum atomic E-state index is 0.458. The van der Waals surface area contributed by atoms with Gasteiger partial charge in [-0.15, -0.1) is 0 Å². The topological polar surface area (TPSA) is 53.1 Å². The highest BCUT2D eigenvalue weighted by atomic mass is 35.5. The number of methoxy groups -OCH3 is 1. The van der Waals surface area contributed by atoms with Crippen LogP contribution in [0, 0.1) is 0 Å². The highest BCUT2D eigenvalue weighted by Crippen LogP contribution is 2.32. The number of aryl methyl sites for hydroxylation is 1. The first-order valence-electron chi connectivity index (χ1n) is 4.76. The average Bonchev–Trinajstić information content (AvgIpc) is 2.57. The Morgan fingerprint density at radius 2 is 2.19 bits per heavy atom. The monoisotopic (exact) mass is 237 g/mol. The normalized spacial score (nSPS) is 10.4. The molecule has 2 N–H and O–H groups in total. The molecular formula is C11H12ClN3O. The van der Waals surface area contributed by atoms with Gasteiger partial charge in [0, 0.05) is 12.6 Å². The van der Waals surface area contributed by atoms with Crippen LogP contribution in [0.5, 0.6) is 5.75 Å². The molecule has 4 nitrogen and oxygen atoms in total. The first kappa shape index (κ1) is 10.8. The number of aromatic nitrogens is 2. The minimum absolute atomic E-state index is 0.458. The van der Waals surface area contributed by atoms with Gasteiger partial charge in [-0.25, -0.2) is 0 Å². The second kappa shape index (κ2) is 4.06. The Morgan fingerprint density at radius 1 is 1.44 bits per heavy atom. The number of anilines is 1. The second-order valence-corrected chi connectivity index (χ2v) is 3.78. The van der Waals surface area contributed by atoms with Crippen molar-refractivity contribution in [3.8, 4) is 17.0 Å². The first-order valence-corrected chi connectivity index (χ1v) is 5.13. The van der Waals surface area contributed by atoms with E-state index < -0.39 is 0 Å². The van der Waals surface area contributed by atoms with Crippen molar-refractivity contribution in [3.05, 3.63) is 29.3 Å². The number of nitrogens with two attached hydrogens (primary N) is 1. The summed E-state index contributed by atoms with van der Waals surface area (Å²) >= 11 is 6.09. The Labute approximate surface area is 98.6 Å². The molecular weight excluding hydrogens is 226 g/mol. The summed E-state index contributed by atoms with van der Waals surface area (Å²) in [6, 6.07) is 7.53. The van der Waals surface area contributed by atoms with Crippen LogP contribution in [0.4, 0.5) is 5.82 Å². The van der Waals surface area contributed by atoms with Crippen molar-refractivity contribution in [2.24, 2.45) is 7.05 Å². The van der Waals surface area contributed by atoms with Crippen LogP contribution in [0.25, 0.3) is 11.3 Å². The van der Waals surface area contributed by atoms with Crippen LogP contribution in [0.15, 0.2) is 24.3 Å². The van der Waals surface area contributed by atoms with Gasteiger partial charge in [0.1, 0.15) is 22.3 Å².